The smallest absolute Gasteiger partial charge is 0.412 e. The van der Waals surface area contributed by atoms with Crippen molar-refractivity contribution in [1.82, 2.24) is 10.6 Å². The highest BCUT2D eigenvalue weighted by Crippen LogP contribution is 2.45. The Kier molecular flexibility index (Phi) is 5.23. The number of ether oxygens (including phenoxy) is 3. The Morgan fingerprint density at radius 2 is 1.81 bits per heavy atom. The molecule has 0 saturated heterocycles. The van der Waals surface area contributed by atoms with Crippen LogP contribution in [0.15, 0.2) is 18.2 Å². The van der Waals surface area contributed by atoms with Gasteiger partial charge in [-0.05, 0) is 12.1 Å². The third-order valence-electron chi connectivity index (χ3n) is 2.27. The van der Waals surface area contributed by atoms with Crippen LogP contribution in [0, 0.1) is 0 Å². The van der Waals surface area contributed by atoms with E-state index in [1.807, 2.05) is 5.32 Å². The van der Waals surface area contributed by atoms with Crippen LogP contribution in [0.2, 0.25) is 0 Å². The number of benzene rings is 1. The van der Waals surface area contributed by atoms with Crippen LogP contribution < -0.4 is 24.8 Å². The van der Waals surface area contributed by atoms with Crippen LogP contribution in [-0.4, -0.2) is 37.2 Å². The summed E-state index contributed by atoms with van der Waals surface area (Å²) in [5.74, 6) is 0.648. The fraction of sp³-hybridized carbons (Fsp3) is 0.385. The molecular weight excluding hydrogens is 280 g/mol. The lowest BCUT2D eigenvalue weighted by Gasteiger charge is -2.16. The standard InChI is InChI=1S/C11H13NO4.C2H5NO2/c1-11(2)15-8-6-4-5-7(9(8)16-11)14-10(13)12-3;1-3-2(4)5/h4-6H,1-3H3,(H,12,13);3H,1H3,(H,4,5). The molecule has 1 heterocycles. The van der Waals surface area contributed by atoms with Crippen molar-refractivity contribution < 1.29 is 28.9 Å². The van der Waals surface area contributed by atoms with Gasteiger partial charge in [-0.15, -0.1) is 0 Å². The molecule has 21 heavy (non-hydrogen) atoms. The van der Waals surface area contributed by atoms with E-state index in [2.05, 4.69) is 5.32 Å². The van der Waals surface area contributed by atoms with Crippen LogP contribution >= 0.6 is 0 Å². The van der Waals surface area contributed by atoms with E-state index in [1.54, 1.807) is 32.0 Å². The van der Waals surface area contributed by atoms with E-state index in [-0.39, 0.29) is 0 Å². The molecule has 0 saturated carbocycles. The van der Waals surface area contributed by atoms with E-state index >= 15 is 0 Å². The topological polar surface area (TPSA) is 106 Å². The Morgan fingerprint density at radius 3 is 2.33 bits per heavy atom. The third-order valence-corrected chi connectivity index (χ3v) is 2.27. The molecular formula is C13H18N2O6. The average Bonchev–Trinajstić information content (AvgIpc) is 2.74. The molecule has 1 aliphatic rings. The van der Waals surface area contributed by atoms with Gasteiger partial charge < -0.3 is 30.0 Å². The molecule has 0 unspecified atom stereocenters. The molecule has 1 aliphatic heterocycles. The van der Waals surface area contributed by atoms with E-state index < -0.39 is 18.0 Å². The molecule has 8 nitrogen and oxygen atoms in total. The number of carbonyl (C=O) groups excluding carboxylic acids is 1. The first-order chi connectivity index (χ1) is 9.79. The Bertz CT molecular complexity index is 529. The molecule has 0 radical (unpaired) electrons. The Hall–Kier alpha value is -2.64. The summed E-state index contributed by atoms with van der Waals surface area (Å²) in [5, 5.41) is 11.9. The Morgan fingerprint density at radius 1 is 1.19 bits per heavy atom. The first-order valence-corrected chi connectivity index (χ1v) is 6.10. The highest BCUT2D eigenvalue weighted by atomic mass is 16.7. The number of fused-ring (bicyclic) bond motifs is 1. The summed E-state index contributed by atoms with van der Waals surface area (Å²) in [7, 11) is 2.84. The van der Waals surface area contributed by atoms with Crippen molar-refractivity contribution in [3.05, 3.63) is 18.2 Å². The largest absolute Gasteiger partial charge is 0.465 e. The molecule has 0 fully saturated rings. The normalized spacial score (nSPS) is 13.5. The summed E-state index contributed by atoms with van der Waals surface area (Å²) in [4.78, 5) is 20.4. The van der Waals surface area contributed by atoms with Crippen molar-refractivity contribution in [2.45, 2.75) is 19.6 Å². The van der Waals surface area contributed by atoms with Gasteiger partial charge in [-0.2, -0.15) is 0 Å². The molecule has 2 amide bonds. The quantitative estimate of drug-likeness (QED) is 0.730. The second-order valence-corrected chi connectivity index (χ2v) is 4.38. The highest BCUT2D eigenvalue weighted by molar-refractivity contribution is 5.72. The fourth-order valence-corrected chi connectivity index (χ4v) is 1.44. The minimum atomic E-state index is -0.995. The van der Waals surface area contributed by atoms with Crippen molar-refractivity contribution in [2.75, 3.05) is 14.1 Å². The van der Waals surface area contributed by atoms with Gasteiger partial charge in [0.2, 0.25) is 11.5 Å². The van der Waals surface area contributed by atoms with Crippen LogP contribution in [0.5, 0.6) is 17.2 Å². The van der Waals surface area contributed by atoms with Gasteiger partial charge >= 0.3 is 12.2 Å². The van der Waals surface area contributed by atoms with Crippen molar-refractivity contribution in [3.63, 3.8) is 0 Å². The van der Waals surface area contributed by atoms with E-state index in [1.165, 1.54) is 14.1 Å². The van der Waals surface area contributed by atoms with Crippen molar-refractivity contribution in [2.24, 2.45) is 0 Å². The zero-order chi connectivity index (χ0) is 16.0. The van der Waals surface area contributed by atoms with Crippen molar-refractivity contribution in [1.29, 1.82) is 0 Å². The maximum atomic E-state index is 11.1. The van der Waals surface area contributed by atoms with Gasteiger partial charge in [0.1, 0.15) is 0 Å². The summed E-state index contributed by atoms with van der Waals surface area (Å²) < 4.78 is 16.1. The molecule has 0 atom stereocenters. The number of carbonyl (C=O) groups is 2. The van der Waals surface area contributed by atoms with Crippen LogP contribution in [0.4, 0.5) is 9.59 Å². The minimum absolute atomic E-state index is 0.349. The van der Waals surface area contributed by atoms with Crippen LogP contribution in [-0.2, 0) is 0 Å². The van der Waals surface area contributed by atoms with Gasteiger partial charge in [0.25, 0.3) is 0 Å². The molecule has 116 valence electrons. The summed E-state index contributed by atoms with van der Waals surface area (Å²) in [6.45, 7) is 3.58. The maximum Gasteiger partial charge on any atom is 0.412 e. The lowest BCUT2D eigenvalue weighted by atomic mass is 10.3. The van der Waals surface area contributed by atoms with Crippen LogP contribution in [0.3, 0.4) is 0 Å². The van der Waals surface area contributed by atoms with E-state index in [0.717, 1.165) is 0 Å². The zero-order valence-electron chi connectivity index (χ0n) is 12.2. The summed E-state index contributed by atoms with van der Waals surface area (Å²) in [6.07, 6.45) is -1.54. The second-order valence-electron chi connectivity index (χ2n) is 4.38. The SMILES string of the molecule is CNC(=O)O.CNC(=O)Oc1cccc2c1OC(C)(C)O2. The molecule has 0 bridgehead atoms. The number of nitrogens with one attached hydrogen (secondary N) is 2. The van der Waals surface area contributed by atoms with Crippen LogP contribution in [0.1, 0.15) is 13.8 Å². The number of rotatable bonds is 1. The molecule has 0 aromatic heterocycles. The molecule has 8 heteroatoms. The number of hydrogen-bond acceptors (Lipinski definition) is 5. The van der Waals surface area contributed by atoms with Gasteiger partial charge in [-0.25, -0.2) is 9.59 Å². The Balaban J connectivity index is 0.000000383. The van der Waals surface area contributed by atoms with Crippen molar-refractivity contribution in [3.8, 4) is 17.2 Å². The molecule has 3 N–H and O–H groups in total. The van der Waals surface area contributed by atoms with Gasteiger partial charge in [0.15, 0.2) is 11.5 Å². The highest BCUT2D eigenvalue weighted by Gasteiger charge is 2.34. The molecule has 1 aromatic carbocycles. The van der Waals surface area contributed by atoms with Gasteiger partial charge in [0, 0.05) is 27.9 Å². The number of para-hydroxylation sites is 1. The van der Waals surface area contributed by atoms with E-state index in [4.69, 9.17) is 19.3 Å². The van der Waals surface area contributed by atoms with Crippen LogP contribution in [0.25, 0.3) is 0 Å². The summed E-state index contributed by atoms with van der Waals surface area (Å²) in [5.41, 5.74) is 0. The predicted molar refractivity (Wildman–Crippen MR) is 73.9 cm³/mol. The molecule has 1 aromatic rings. The third kappa shape index (κ3) is 4.75. The lowest BCUT2D eigenvalue weighted by Crippen LogP contribution is -2.30. The first kappa shape index (κ1) is 16.4. The van der Waals surface area contributed by atoms with Crippen molar-refractivity contribution >= 4 is 12.2 Å². The molecule has 0 aliphatic carbocycles. The number of hydrogen-bond donors (Lipinski definition) is 3. The molecule has 2 rings (SSSR count). The monoisotopic (exact) mass is 298 g/mol. The second kappa shape index (κ2) is 6.69. The predicted octanol–water partition coefficient (Wildman–Crippen LogP) is 1.80. The fourth-order valence-electron chi connectivity index (χ4n) is 1.44. The lowest BCUT2D eigenvalue weighted by molar-refractivity contribution is -0.0438. The van der Waals surface area contributed by atoms with Gasteiger partial charge in [0.05, 0.1) is 0 Å². The van der Waals surface area contributed by atoms with Gasteiger partial charge in [-0.3, -0.25) is 0 Å². The summed E-state index contributed by atoms with van der Waals surface area (Å²) in [6, 6.07) is 5.15. The number of carboxylic acid groups (broad SMARTS) is 1. The minimum Gasteiger partial charge on any atom is -0.465 e. The van der Waals surface area contributed by atoms with E-state index in [0.29, 0.717) is 17.2 Å². The summed E-state index contributed by atoms with van der Waals surface area (Å²) >= 11 is 0. The first-order valence-electron chi connectivity index (χ1n) is 6.10. The average molecular weight is 298 g/mol. The zero-order valence-corrected chi connectivity index (χ0v) is 12.2. The maximum absolute atomic E-state index is 11.1. The van der Waals surface area contributed by atoms with E-state index in [9.17, 15) is 9.59 Å². The number of amides is 2. The molecule has 0 spiro atoms. The Labute approximate surface area is 122 Å². The van der Waals surface area contributed by atoms with Gasteiger partial charge in [-0.1, -0.05) is 6.07 Å².